The van der Waals surface area contributed by atoms with Crippen LogP contribution in [0, 0.1) is 11.3 Å². The highest BCUT2D eigenvalue weighted by atomic mass is 32.2. The number of thioether (sulfide) groups is 2. The largest absolute Gasteiger partial charge is 0.491 e. The Morgan fingerprint density at radius 2 is 2.06 bits per heavy atom. The number of aromatic nitrogens is 3. The molecule has 0 radical (unpaired) electrons. The Morgan fingerprint density at radius 3 is 2.68 bits per heavy atom. The molecule has 2 heterocycles. The summed E-state index contributed by atoms with van der Waals surface area (Å²) in [6.07, 6.45) is 7.60. The molecule has 0 saturated heterocycles. The molecule has 1 aliphatic rings. The number of nitrogens with zero attached hydrogens (tertiary/aromatic N) is 4. The van der Waals surface area contributed by atoms with Crippen molar-refractivity contribution in [1.82, 2.24) is 14.8 Å². The average Bonchev–Trinajstić information content (AvgIpc) is 3.20. The van der Waals surface area contributed by atoms with E-state index in [0.29, 0.717) is 11.3 Å². The van der Waals surface area contributed by atoms with Gasteiger partial charge in [0.2, 0.25) is 0 Å². The quantitative estimate of drug-likeness (QED) is 0.371. The SMILES string of the molecule is Cn1cc(-c2cc(-c3ccc(OCCO)cc3)nc(SCSC3CCC3)c2C#N)cn1. The molecule has 0 aliphatic heterocycles. The van der Waals surface area contributed by atoms with Crippen molar-refractivity contribution in [2.75, 3.05) is 18.3 Å². The van der Waals surface area contributed by atoms with Gasteiger partial charge in [0.1, 0.15) is 23.5 Å². The fourth-order valence-electron chi connectivity index (χ4n) is 3.28. The van der Waals surface area contributed by atoms with Crippen LogP contribution in [0.3, 0.4) is 0 Å². The van der Waals surface area contributed by atoms with E-state index in [1.807, 2.05) is 55.3 Å². The van der Waals surface area contributed by atoms with E-state index in [0.717, 1.165) is 37.7 Å². The minimum Gasteiger partial charge on any atom is -0.491 e. The van der Waals surface area contributed by atoms with Gasteiger partial charge in [0.15, 0.2) is 0 Å². The summed E-state index contributed by atoms with van der Waals surface area (Å²) in [5, 5.41) is 25.5. The van der Waals surface area contributed by atoms with E-state index in [-0.39, 0.29) is 13.2 Å². The Morgan fingerprint density at radius 1 is 1.26 bits per heavy atom. The molecule has 160 valence electrons. The van der Waals surface area contributed by atoms with Gasteiger partial charge in [-0.2, -0.15) is 10.4 Å². The van der Waals surface area contributed by atoms with Gasteiger partial charge >= 0.3 is 0 Å². The topological polar surface area (TPSA) is 84.0 Å². The van der Waals surface area contributed by atoms with Gasteiger partial charge in [-0.15, -0.1) is 11.8 Å². The summed E-state index contributed by atoms with van der Waals surface area (Å²) in [4.78, 5) is 4.86. The molecule has 1 fully saturated rings. The van der Waals surface area contributed by atoms with Crippen LogP contribution in [0.25, 0.3) is 22.4 Å². The molecule has 3 aromatic rings. The van der Waals surface area contributed by atoms with Crippen molar-refractivity contribution >= 4 is 23.5 Å². The second kappa shape index (κ2) is 10.2. The van der Waals surface area contributed by atoms with Crippen LogP contribution in [0.2, 0.25) is 0 Å². The summed E-state index contributed by atoms with van der Waals surface area (Å²) in [6, 6.07) is 12.0. The third kappa shape index (κ3) is 5.24. The van der Waals surface area contributed by atoms with Crippen molar-refractivity contribution in [2.24, 2.45) is 7.05 Å². The van der Waals surface area contributed by atoms with E-state index in [1.54, 1.807) is 22.6 Å². The lowest BCUT2D eigenvalue weighted by atomic mass is 10.0. The molecule has 0 spiro atoms. The molecular formula is C23H24N4O2S2. The van der Waals surface area contributed by atoms with Gasteiger partial charge in [-0.3, -0.25) is 4.68 Å². The average molecular weight is 453 g/mol. The zero-order chi connectivity index (χ0) is 21.6. The summed E-state index contributed by atoms with van der Waals surface area (Å²) in [6.45, 7) is 0.242. The number of aliphatic hydroxyl groups excluding tert-OH is 1. The maximum atomic E-state index is 9.94. The van der Waals surface area contributed by atoms with Gasteiger partial charge in [0.05, 0.1) is 24.1 Å². The standard InChI is InChI=1S/C23H24N4O2S2/c1-27-14-17(13-25-27)20-11-22(16-5-7-18(8-6-16)29-10-9-28)26-23(21(20)12-24)31-15-30-19-3-2-4-19/h5-8,11,13-14,19,28H,2-4,9-10,15H2,1H3. The van der Waals surface area contributed by atoms with Gasteiger partial charge < -0.3 is 9.84 Å². The van der Waals surface area contributed by atoms with E-state index in [4.69, 9.17) is 14.8 Å². The highest BCUT2D eigenvalue weighted by Gasteiger charge is 2.20. The maximum Gasteiger partial charge on any atom is 0.119 e. The van der Waals surface area contributed by atoms with Crippen LogP contribution in [0.15, 0.2) is 47.8 Å². The molecule has 0 amide bonds. The number of hydrogen-bond acceptors (Lipinski definition) is 7. The summed E-state index contributed by atoms with van der Waals surface area (Å²) >= 11 is 3.59. The van der Waals surface area contributed by atoms with Gasteiger partial charge in [0.25, 0.3) is 0 Å². The van der Waals surface area contributed by atoms with E-state index < -0.39 is 0 Å². The van der Waals surface area contributed by atoms with Gasteiger partial charge in [0, 0.05) is 40.3 Å². The molecule has 1 N–H and O–H groups in total. The molecule has 4 rings (SSSR count). The van der Waals surface area contributed by atoms with Crippen molar-refractivity contribution in [2.45, 2.75) is 29.5 Å². The first kappa shape index (κ1) is 21.8. The molecule has 0 unspecified atom stereocenters. The smallest absolute Gasteiger partial charge is 0.119 e. The van der Waals surface area contributed by atoms with E-state index >= 15 is 0 Å². The molecule has 2 aromatic heterocycles. The number of pyridine rings is 1. The molecule has 0 bridgehead atoms. The third-order valence-electron chi connectivity index (χ3n) is 5.18. The maximum absolute atomic E-state index is 9.94. The lowest BCUT2D eigenvalue weighted by Gasteiger charge is -2.24. The van der Waals surface area contributed by atoms with E-state index in [1.165, 1.54) is 19.3 Å². The zero-order valence-electron chi connectivity index (χ0n) is 17.3. The predicted molar refractivity (Wildman–Crippen MR) is 125 cm³/mol. The molecule has 6 nitrogen and oxygen atoms in total. The first-order valence-electron chi connectivity index (χ1n) is 10.2. The highest BCUT2D eigenvalue weighted by molar-refractivity contribution is 8.16. The lowest BCUT2D eigenvalue weighted by molar-refractivity contribution is 0.201. The minimum atomic E-state index is -0.0210. The number of benzene rings is 1. The van der Waals surface area contributed by atoms with E-state index in [2.05, 4.69) is 11.2 Å². The van der Waals surface area contributed by atoms with Gasteiger partial charge in [-0.1, -0.05) is 18.2 Å². The molecular weight excluding hydrogens is 428 g/mol. The summed E-state index contributed by atoms with van der Waals surface area (Å²) < 4.78 is 7.20. The molecule has 8 heteroatoms. The minimum absolute atomic E-state index is 0.0210. The third-order valence-corrected chi connectivity index (χ3v) is 7.70. The first-order valence-corrected chi connectivity index (χ1v) is 12.2. The number of ether oxygens (including phenoxy) is 1. The Balaban J connectivity index is 1.68. The zero-order valence-corrected chi connectivity index (χ0v) is 19.0. The monoisotopic (exact) mass is 452 g/mol. The predicted octanol–water partition coefficient (Wildman–Crippen LogP) is 4.73. The normalized spacial score (nSPS) is 13.6. The van der Waals surface area contributed by atoms with Crippen molar-refractivity contribution in [3.05, 3.63) is 48.3 Å². The number of aliphatic hydroxyl groups is 1. The Kier molecular flexibility index (Phi) is 7.17. The van der Waals surface area contributed by atoms with Crippen molar-refractivity contribution in [1.29, 1.82) is 5.26 Å². The molecule has 31 heavy (non-hydrogen) atoms. The van der Waals surface area contributed by atoms with Crippen molar-refractivity contribution in [3.8, 4) is 34.2 Å². The van der Waals surface area contributed by atoms with Crippen LogP contribution in [0.4, 0.5) is 0 Å². The van der Waals surface area contributed by atoms with Crippen LogP contribution in [-0.2, 0) is 7.05 Å². The Bertz CT molecular complexity index is 1070. The number of rotatable bonds is 9. The summed E-state index contributed by atoms with van der Waals surface area (Å²) in [7, 11) is 1.87. The van der Waals surface area contributed by atoms with Crippen molar-refractivity contribution in [3.63, 3.8) is 0 Å². The number of nitriles is 1. The van der Waals surface area contributed by atoms with Gasteiger partial charge in [-0.25, -0.2) is 4.98 Å². The number of aryl methyl sites for hydroxylation is 1. The summed E-state index contributed by atoms with van der Waals surface area (Å²) in [5.74, 6) is 0.699. The molecule has 1 saturated carbocycles. The van der Waals surface area contributed by atoms with E-state index in [9.17, 15) is 5.26 Å². The summed E-state index contributed by atoms with van der Waals surface area (Å²) in [5.41, 5.74) is 4.09. The Labute approximate surface area is 190 Å². The molecule has 1 aromatic carbocycles. The van der Waals surface area contributed by atoms with Crippen LogP contribution >= 0.6 is 23.5 Å². The lowest BCUT2D eigenvalue weighted by Crippen LogP contribution is -2.13. The fraction of sp³-hybridized carbons (Fsp3) is 0.348. The van der Waals surface area contributed by atoms with Crippen molar-refractivity contribution < 1.29 is 9.84 Å². The van der Waals surface area contributed by atoms with Crippen LogP contribution in [0.1, 0.15) is 24.8 Å². The van der Waals surface area contributed by atoms with Gasteiger partial charge in [-0.05, 0) is 43.2 Å². The molecule has 1 aliphatic carbocycles. The second-order valence-electron chi connectivity index (χ2n) is 7.33. The second-order valence-corrected chi connectivity index (χ2v) is 9.95. The Hall–Kier alpha value is -2.47. The first-order chi connectivity index (χ1) is 15.2. The number of hydrogen-bond donors (Lipinski definition) is 1. The van der Waals surface area contributed by atoms with Crippen LogP contribution in [-0.4, -0.2) is 43.4 Å². The molecule has 0 atom stereocenters. The highest BCUT2D eigenvalue weighted by Crippen LogP contribution is 2.38. The fourth-order valence-corrected chi connectivity index (χ4v) is 5.90. The van der Waals surface area contributed by atoms with Crippen LogP contribution in [0.5, 0.6) is 5.75 Å². The van der Waals surface area contributed by atoms with Crippen LogP contribution < -0.4 is 4.74 Å².